The lowest BCUT2D eigenvalue weighted by atomic mass is 9.37. The maximum absolute atomic E-state index is 11.1. The summed E-state index contributed by atoms with van der Waals surface area (Å²) in [5.74, 6) is 1.42. The Morgan fingerprint density at radius 1 is 1.33 bits per heavy atom. The molecule has 0 aromatic heterocycles. The number of rotatable bonds is 1. The minimum atomic E-state index is 0.0376. The highest BCUT2D eigenvalue weighted by atomic mass is 16.1. The van der Waals surface area contributed by atoms with Crippen molar-refractivity contribution in [2.75, 3.05) is 0 Å². The monoisotopic (exact) mass is 166 g/mol. The molecule has 2 bridgehead atoms. The van der Waals surface area contributed by atoms with Gasteiger partial charge < -0.3 is 4.79 Å². The van der Waals surface area contributed by atoms with E-state index in [1.807, 2.05) is 0 Å². The van der Waals surface area contributed by atoms with Gasteiger partial charge in [-0.2, -0.15) is 0 Å². The third kappa shape index (κ3) is 0.641. The highest BCUT2D eigenvalue weighted by Crippen LogP contribution is 2.68. The lowest BCUT2D eigenvalue weighted by Gasteiger charge is -2.66. The van der Waals surface area contributed by atoms with E-state index in [0.717, 1.165) is 12.3 Å². The van der Waals surface area contributed by atoms with Crippen molar-refractivity contribution < 1.29 is 4.79 Å². The molecule has 0 aliphatic heterocycles. The molecule has 3 aliphatic carbocycles. The molecule has 3 aliphatic rings. The SMILES string of the molecule is CC1CCC2CC1(C=O)C2(C)C. The van der Waals surface area contributed by atoms with E-state index in [9.17, 15) is 4.79 Å². The van der Waals surface area contributed by atoms with Crippen molar-refractivity contribution in [1.29, 1.82) is 0 Å². The first-order valence-corrected chi connectivity index (χ1v) is 5.01. The van der Waals surface area contributed by atoms with E-state index in [1.54, 1.807) is 0 Å². The van der Waals surface area contributed by atoms with Gasteiger partial charge in [0, 0.05) is 5.41 Å². The molecule has 3 fully saturated rings. The number of fused-ring (bicyclic) bond motifs is 2. The molecule has 0 radical (unpaired) electrons. The van der Waals surface area contributed by atoms with Gasteiger partial charge in [-0.05, 0) is 36.5 Å². The first kappa shape index (κ1) is 8.28. The van der Waals surface area contributed by atoms with E-state index in [4.69, 9.17) is 0 Å². The van der Waals surface area contributed by atoms with Crippen LogP contribution >= 0.6 is 0 Å². The molecule has 0 amide bonds. The lowest BCUT2D eigenvalue weighted by Crippen LogP contribution is -2.62. The van der Waals surface area contributed by atoms with Crippen LogP contribution in [0.15, 0.2) is 0 Å². The first-order valence-electron chi connectivity index (χ1n) is 5.01. The molecule has 3 saturated carbocycles. The third-order valence-electron chi connectivity index (χ3n) is 4.84. The first-order chi connectivity index (χ1) is 5.54. The normalized spacial score (nSPS) is 49.6. The summed E-state index contributed by atoms with van der Waals surface area (Å²) < 4.78 is 0. The number of hydrogen-bond donors (Lipinski definition) is 0. The molecular weight excluding hydrogens is 148 g/mol. The van der Waals surface area contributed by atoms with Crippen LogP contribution in [0, 0.1) is 22.7 Å². The van der Waals surface area contributed by atoms with Crippen molar-refractivity contribution in [2.24, 2.45) is 22.7 Å². The fraction of sp³-hybridized carbons (Fsp3) is 0.909. The molecule has 68 valence electrons. The van der Waals surface area contributed by atoms with Crippen LogP contribution < -0.4 is 0 Å². The summed E-state index contributed by atoms with van der Waals surface area (Å²) in [6.45, 7) is 6.78. The molecule has 0 aromatic carbocycles. The minimum Gasteiger partial charge on any atom is -0.303 e. The molecule has 3 rings (SSSR count). The van der Waals surface area contributed by atoms with Crippen molar-refractivity contribution in [3.05, 3.63) is 0 Å². The molecule has 3 atom stereocenters. The number of carbonyl (C=O) groups excluding carboxylic acids is 1. The van der Waals surface area contributed by atoms with E-state index >= 15 is 0 Å². The van der Waals surface area contributed by atoms with Crippen molar-refractivity contribution in [3.8, 4) is 0 Å². The van der Waals surface area contributed by atoms with E-state index in [-0.39, 0.29) is 10.8 Å². The molecule has 1 heteroatoms. The fourth-order valence-corrected chi connectivity index (χ4v) is 3.50. The predicted molar refractivity (Wildman–Crippen MR) is 48.8 cm³/mol. The summed E-state index contributed by atoms with van der Waals surface area (Å²) in [7, 11) is 0. The van der Waals surface area contributed by atoms with Gasteiger partial charge in [0.15, 0.2) is 0 Å². The van der Waals surface area contributed by atoms with Gasteiger partial charge in [0.05, 0.1) is 0 Å². The van der Waals surface area contributed by atoms with Crippen LogP contribution in [0.25, 0.3) is 0 Å². The van der Waals surface area contributed by atoms with E-state index < -0.39 is 0 Å². The maximum Gasteiger partial charge on any atom is 0.126 e. The molecule has 12 heavy (non-hydrogen) atoms. The van der Waals surface area contributed by atoms with Crippen molar-refractivity contribution in [1.82, 2.24) is 0 Å². The second-order valence-electron chi connectivity index (χ2n) is 5.26. The van der Waals surface area contributed by atoms with E-state index in [1.165, 1.54) is 19.1 Å². The van der Waals surface area contributed by atoms with Crippen LogP contribution in [-0.2, 0) is 4.79 Å². The van der Waals surface area contributed by atoms with Crippen LogP contribution in [0.4, 0.5) is 0 Å². The van der Waals surface area contributed by atoms with Crippen LogP contribution in [0.5, 0.6) is 0 Å². The number of aldehydes is 1. The second kappa shape index (κ2) is 2.12. The summed E-state index contributed by atoms with van der Waals surface area (Å²) in [5.41, 5.74) is 0.322. The van der Waals surface area contributed by atoms with Gasteiger partial charge in [-0.1, -0.05) is 20.8 Å². The Morgan fingerprint density at radius 2 is 2.00 bits per heavy atom. The van der Waals surface area contributed by atoms with E-state index in [2.05, 4.69) is 20.8 Å². The Morgan fingerprint density at radius 3 is 2.33 bits per heavy atom. The highest BCUT2D eigenvalue weighted by Gasteiger charge is 2.64. The number of carbonyl (C=O) groups is 1. The van der Waals surface area contributed by atoms with Crippen molar-refractivity contribution in [3.63, 3.8) is 0 Å². The zero-order valence-corrected chi connectivity index (χ0v) is 8.26. The average molecular weight is 166 g/mol. The standard InChI is InChI=1S/C11H18O/c1-8-4-5-9-6-11(8,7-12)10(9,2)3/h7-9H,4-6H2,1-3H3. The van der Waals surface area contributed by atoms with Gasteiger partial charge in [-0.25, -0.2) is 0 Å². The zero-order valence-electron chi connectivity index (χ0n) is 8.26. The molecule has 0 spiro atoms. The van der Waals surface area contributed by atoms with Crippen LogP contribution in [0.1, 0.15) is 40.0 Å². The Hall–Kier alpha value is -0.330. The summed E-state index contributed by atoms with van der Waals surface area (Å²) in [4.78, 5) is 11.1. The van der Waals surface area contributed by atoms with Gasteiger partial charge in [-0.15, -0.1) is 0 Å². The highest BCUT2D eigenvalue weighted by molar-refractivity contribution is 5.64. The summed E-state index contributed by atoms with van der Waals surface area (Å²) in [6.07, 6.45) is 4.99. The summed E-state index contributed by atoms with van der Waals surface area (Å²) in [5, 5.41) is 0. The molecular formula is C11H18O. The average Bonchev–Trinajstić information content (AvgIpc) is 2.04. The molecule has 1 nitrogen and oxygen atoms in total. The number of hydrogen-bond acceptors (Lipinski definition) is 1. The Kier molecular flexibility index (Phi) is 1.47. The van der Waals surface area contributed by atoms with Crippen LogP contribution in [-0.4, -0.2) is 6.29 Å². The zero-order chi connectivity index (χ0) is 8.98. The minimum absolute atomic E-state index is 0.0376. The molecule has 0 heterocycles. The van der Waals surface area contributed by atoms with Gasteiger partial charge in [0.2, 0.25) is 0 Å². The molecule has 0 aromatic rings. The second-order valence-corrected chi connectivity index (χ2v) is 5.26. The summed E-state index contributed by atoms with van der Waals surface area (Å²) >= 11 is 0. The quantitative estimate of drug-likeness (QED) is 0.547. The topological polar surface area (TPSA) is 17.1 Å². The van der Waals surface area contributed by atoms with Gasteiger partial charge in [0.25, 0.3) is 0 Å². The fourth-order valence-electron chi connectivity index (χ4n) is 3.50. The van der Waals surface area contributed by atoms with Gasteiger partial charge in [0.1, 0.15) is 6.29 Å². The van der Waals surface area contributed by atoms with Crippen LogP contribution in [0.2, 0.25) is 0 Å². The Bertz CT molecular complexity index is 219. The maximum atomic E-state index is 11.1. The Balaban J connectivity index is 2.35. The van der Waals surface area contributed by atoms with Gasteiger partial charge >= 0.3 is 0 Å². The molecule has 3 unspecified atom stereocenters. The Labute approximate surface area is 74.5 Å². The van der Waals surface area contributed by atoms with Crippen LogP contribution in [0.3, 0.4) is 0 Å². The molecule has 0 saturated heterocycles. The van der Waals surface area contributed by atoms with Crippen molar-refractivity contribution in [2.45, 2.75) is 40.0 Å². The smallest absolute Gasteiger partial charge is 0.126 e. The van der Waals surface area contributed by atoms with Gasteiger partial charge in [-0.3, -0.25) is 0 Å². The third-order valence-corrected chi connectivity index (χ3v) is 4.84. The summed E-state index contributed by atoms with van der Waals surface area (Å²) in [6, 6.07) is 0. The molecule has 0 N–H and O–H groups in total. The largest absolute Gasteiger partial charge is 0.303 e. The lowest BCUT2D eigenvalue weighted by molar-refractivity contribution is -0.187. The van der Waals surface area contributed by atoms with Crippen molar-refractivity contribution >= 4 is 6.29 Å². The van der Waals surface area contributed by atoms with E-state index in [0.29, 0.717) is 5.92 Å². The predicted octanol–water partition coefficient (Wildman–Crippen LogP) is 2.65.